The van der Waals surface area contributed by atoms with Crippen LogP contribution < -0.4 is 0 Å². The summed E-state index contributed by atoms with van der Waals surface area (Å²) in [5.74, 6) is -1.70. The van der Waals surface area contributed by atoms with E-state index in [4.69, 9.17) is 28.4 Å². The van der Waals surface area contributed by atoms with Crippen LogP contribution in [0.1, 0.15) is 120 Å². The van der Waals surface area contributed by atoms with Crippen molar-refractivity contribution < 1.29 is 84.0 Å². The molecule has 17 heteroatoms. The number of carboxylic acid groups (broad SMARTS) is 1. The third-order valence-electron chi connectivity index (χ3n) is 19.0. The summed E-state index contributed by atoms with van der Waals surface area (Å²) in [7, 11) is 0. The van der Waals surface area contributed by atoms with Gasteiger partial charge >= 0.3 is 5.97 Å². The van der Waals surface area contributed by atoms with Gasteiger partial charge in [0.15, 0.2) is 24.4 Å². The zero-order valence-corrected chi connectivity index (χ0v) is 39.1. The molecule has 5 aliphatic carbocycles. The van der Waals surface area contributed by atoms with Crippen LogP contribution in [0.15, 0.2) is 23.2 Å². The SMILES string of the molecule is CC1=C(O)C(=O)CC(O[C@@H]2CC(C)(C)C[C@H]3C4=CC[C@@H]5[C@@]6(C)CC[C@H](O[C@@H]7O[C@H](C(=O)O)[C@@H](O)[C@H](O)[C@H]7O[C@@H]7O[C@H](CO)[C@@H](O)[C@H](O)[C@H]7O)[C@](C)(CO)[C@@H]6CC[C@@]5(C)[C@]4(C)CC[C@@]23C)O1. The van der Waals surface area contributed by atoms with Gasteiger partial charge in [-0.15, -0.1) is 0 Å². The first-order valence-electron chi connectivity index (χ1n) is 23.7. The number of fused-ring (bicyclic) bond motifs is 7. The quantitative estimate of drug-likeness (QED) is 0.119. The summed E-state index contributed by atoms with van der Waals surface area (Å²) in [4.78, 5) is 24.9. The van der Waals surface area contributed by atoms with Crippen molar-refractivity contribution in [2.24, 2.45) is 50.2 Å². The molecule has 3 heterocycles. The van der Waals surface area contributed by atoms with Gasteiger partial charge in [0.2, 0.25) is 12.1 Å². The van der Waals surface area contributed by atoms with Crippen LogP contribution in [0, 0.1) is 50.2 Å². The highest BCUT2D eigenvalue weighted by Crippen LogP contribution is 2.76. The van der Waals surface area contributed by atoms with E-state index >= 15 is 0 Å². The summed E-state index contributed by atoms with van der Waals surface area (Å²) in [5.41, 5.74) is -0.212. The molecule has 368 valence electrons. The fraction of sp³-hybridized carbons (Fsp3) is 0.875. The van der Waals surface area contributed by atoms with E-state index in [9.17, 15) is 55.5 Å². The maximum Gasteiger partial charge on any atom is 0.335 e. The molecular weight excluding hydrogens is 849 g/mol. The van der Waals surface area contributed by atoms with E-state index in [1.54, 1.807) is 6.92 Å². The molecule has 2 saturated heterocycles. The Bertz CT molecular complexity index is 1900. The van der Waals surface area contributed by atoms with Crippen LogP contribution >= 0.6 is 0 Å². The topological polar surface area (TPSA) is 272 Å². The number of ketones is 1. The molecule has 21 atom stereocenters. The van der Waals surface area contributed by atoms with Gasteiger partial charge in [-0.25, -0.2) is 4.79 Å². The fourth-order valence-corrected chi connectivity index (χ4v) is 14.9. The second kappa shape index (κ2) is 17.0. The Morgan fingerprint density at radius 1 is 0.769 bits per heavy atom. The molecule has 65 heavy (non-hydrogen) atoms. The van der Waals surface area contributed by atoms with Crippen molar-refractivity contribution in [1.29, 1.82) is 0 Å². The van der Waals surface area contributed by atoms with Crippen molar-refractivity contribution in [3.8, 4) is 0 Å². The van der Waals surface area contributed by atoms with Crippen molar-refractivity contribution >= 4 is 11.8 Å². The number of rotatable bonds is 9. The lowest BCUT2D eigenvalue weighted by Gasteiger charge is -2.72. The van der Waals surface area contributed by atoms with Crippen molar-refractivity contribution in [1.82, 2.24) is 0 Å². The van der Waals surface area contributed by atoms with Crippen molar-refractivity contribution in [2.75, 3.05) is 13.2 Å². The number of Topliss-reactive ketones (excluding diaryl/α,β-unsaturated/α-hetero) is 1. The molecule has 0 aromatic heterocycles. The first-order chi connectivity index (χ1) is 30.3. The average molecular weight is 923 g/mol. The van der Waals surface area contributed by atoms with E-state index in [-0.39, 0.29) is 81.3 Å². The lowest BCUT2D eigenvalue weighted by molar-refractivity contribution is -0.375. The summed E-state index contributed by atoms with van der Waals surface area (Å²) in [6.07, 6.45) is -9.54. The highest BCUT2D eigenvalue weighted by Gasteiger charge is 2.70. The van der Waals surface area contributed by atoms with Crippen molar-refractivity contribution in [3.05, 3.63) is 23.2 Å². The highest BCUT2D eigenvalue weighted by molar-refractivity contribution is 5.94. The minimum absolute atomic E-state index is 0.0302. The molecule has 17 nitrogen and oxygen atoms in total. The summed E-state index contributed by atoms with van der Waals surface area (Å²) in [6, 6.07) is 0. The number of hydrogen-bond acceptors (Lipinski definition) is 16. The van der Waals surface area contributed by atoms with E-state index in [0.29, 0.717) is 12.8 Å². The van der Waals surface area contributed by atoms with Gasteiger partial charge in [0, 0.05) is 10.8 Å². The second-order valence-corrected chi connectivity index (χ2v) is 23.0. The molecule has 8 rings (SSSR count). The second-order valence-electron chi connectivity index (χ2n) is 23.0. The molecule has 9 N–H and O–H groups in total. The first-order valence-corrected chi connectivity index (χ1v) is 23.7. The number of ether oxygens (including phenoxy) is 6. The van der Waals surface area contributed by atoms with E-state index < -0.39 is 91.8 Å². The van der Waals surface area contributed by atoms with E-state index in [0.717, 1.165) is 44.9 Å². The summed E-state index contributed by atoms with van der Waals surface area (Å²) in [6.45, 7) is 16.7. The molecule has 0 radical (unpaired) electrons. The predicted octanol–water partition coefficient (Wildman–Crippen LogP) is 2.98. The number of carboxylic acids is 1. The van der Waals surface area contributed by atoms with Crippen LogP contribution in [0.2, 0.25) is 0 Å². The van der Waals surface area contributed by atoms with Crippen LogP contribution in [0.25, 0.3) is 0 Å². The van der Waals surface area contributed by atoms with Crippen LogP contribution in [0.5, 0.6) is 0 Å². The lowest BCUT2D eigenvalue weighted by Crippen LogP contribution is -2.68. The summed E-state index contributed by atoms with van der Waals surface area (Å²) >= 11 is 0. The van der Waals surface area contributed by atoms with Gasteiger partial charge in [-0.05, 0) is 104 Å². The Morgan fingerprint density at radius 2 is 1.48 bits per heavy atom. The minimum atomic E-state index is -1.99. The number of aliphatic hydroxyl groups excluding tert-OH is 8. The monoisotopic (exact) mass is 922 g/mol. The normalized spacial score (nSPS) is 52.0. The number of aliphatic carboxylic acids is 1. The van der Waals surface area contributed by atoms with Gasteiger partial charge in [0.25, 0.3) is 0 Å². The summed E-state index contributed by atoms with van der Waals surface area (Å²) < 4.78 is 36.7. The molecule has 6 fully saturated rings. The maximum atomic E-state index is 12.6. The Hall–Kier alpha value is -2.26. The molecular formula is C48H74O17. The number of carbonyl (C=O) groups is 2. The molecule has 0 spiro atoms. The fourth-order valence-electron chi connectivity index (χ4n) is 14.9. The molecule has 0 bridgehead atoms. The van der Waals surface area contributed by atoms with Gasteiger partial charge < -0.3 is 74.4 Å². The zero-order chi connectivity index (χ0) is 47.6. The molecule has 1 unspecified atom stereocenters. The third-order valence-corrected chi connectivity index (χ3v) is 19.0. The standard InChI is InChI=1S/C48H74O17/c1-22-32(52)25(51)17-31(60-22)62-30-19-43(2,3)18-24-23-9-10-28-45(5)13-12-29(46(6,21-50)27(45)11-14-48(28,8)47(23,7)16-15-44(24,30)4)63-42-39(36(56)35(55)38(64-42)40(58)59)65-41-37(57)34(54)33(53)26(20-49)61-41/h9,24,26-31,33-39,41-42,49-50,52-57H,10-21H2,1-8H3,(H,58,59)/t24-,26+,27+,28+,29-,30+,31?,33+,34-,35-,36-,37+,38-,39+,41-,42+,44+,45-,46+,47+,48+/m0/s1. The molecule has 3 aliphatic heterocycles. The van der Waals surface area contributed by atoms with Gasteiger partial charge in [-0.3, -0.25) is 4.79 Å². The predicted molar refractivity (Wildman–Crippen MR) is 228 cm³/mol. The number of hydrogen-bond donors (Lipinski definition) is 9. The molecule has 8 aliphatic rings. The third kappa shape index (κ3) is 7.65. The van der Waals surface area contributed by atoms with Gasteiger partial charge in [-0.1, -0.05) is 60.1 Å². The highest BCUT2D eigenvalue weighted by atomic mass is 16.8. The lowest BCUT2D eigenvalue weighted by atomic mass is 9.33. The Labute approximate surface area is 381 Å². The number of allylic oxidation sites excluding steroid dienone is 4. The minimum Gasteiger partial charge on any atom is -0.502 e. The van der Waals surface area contributed by atoms with E-state index in [1.165, 1.54) is 5.57 Å². The molecule has 4 saturated carbocycles. The van der Waals surface area contributed by atoms with Gasteiger partial charge in [-0.2, -0.15) is 0 Å². The Balaban J connectivity index is 1.06. The Kier molecular flexibility index (Phi) is 12.9. The summed E-state index contributed by atoms with van der Waals surface area (Å²) in [5, 5.41) is 95.2. The smallest absolute Gasteiger partial charge is 0.335 e. The van der Waals surface area contributed by atoms with E-state index in [2.05, 4.69) is 47.6 Å². The van der Waals surface area contributed by atoms with Gasteiger partial charge in [0.05, 0.1) is 31.8 Å². The molecule has 0 aromatic carbocycles. The molecule has 0 amide bonds. The van der Waals surface area contributed by atoms with Crippen molar-refractivity contribution in [3.63, 3.8) is 0 Å². The zero-order valence-electron chi connectivity index (χ0n) is 39.1. The van der Waals surface area contributed by atoms with Crippen LogP contribution in [0.3, 0.4) is 0 Å². The largest absolute Gasteiger partial charge is 0.502 e. The average Bonchev–Trinajstić information content (AvgIpc) is 3.24. The van der Waals surface area contributed by atoms with Crippen LogP contribution in [-0.2, 0) is 38.0 Å². The molecule has 0 aromatic rings. The van der Waals surface area contributed by atoms with Crippen LogP contribution in [0.4, 0.5) is 0 Å². The number of aliphatic hydroxyl groups is 8. The maximum absolute atomic E-state index is 12.6. The first kappa shape index (κ1) is 49.2. The Morgan fingerprint density at radius 3 is 2.12 bits per heavy atom. The van der Waals surface area contributed by atoms with Crippen LogP contribution in [-0.4, -0.2) is 151 Å². The number of carbonyl (C=O) groups excluding carboxylic acids is 1. The van der Waals surface area contributed by atoms with Gasteiger partial charge in [0.1, 0.15) is 48.5 Å². The van der Waals surface area contributed by atoms with Crippen molar-refractivity contribution in [2.45, 2.75) is 200 Å². The van der Waals surface area contributed by atoms with E-state index in [1.807, 2.05) is 6.92 Å².